The molecule has 1 aliphatic carbocycles. The predicted molar refractivity (Wildman–Crippen MR) is 99.2 cm³/mol. The van der Waals surface area contributed by atoms with Gasteiger partial charge in [-0.05, 0) is 25.8 Å². The number of aryl methyl sites for hydroxylation is 1. The van der Waals surface area contributed by atoms with Gasteiger partial charge in [0.2, 0.25) is 0 Å². The maximum atomic E-state index is 13.5. The third kappa shape index (κ3) is 3.55. The summed E-state index contributed by atoms with van der Waals surface area (Å²) < 4.78 is 29.5. The fourth-order valence-electron chi connectivity index (χ4n) is 3.02. The van der Waals surface area contributed by atoms with Crippen LogP contribution in [0.1, 0.15) is 64.5 Å². The van der Waals surface area contributed by atoms with Gasteiger partial charge in [-0.2, -0.15) is 10.2 Å². The Morgan fingerprint density at radius 3 is 2.62 bits per heavy atom. The van der Waals surface area contributed by atoms with Crippen molar-refractivity contribution >= 4 is 23.1 Å². The van der Waals surface area contributed by atoms with Gasteiger partial charge in [0.25, 0.3) is 18.2 Å². The zero-order valence-corrected chi connectivity index (χ0v) is 15.8. The van der Waals surface area contributed by atoms with Gasteiger partial charge in [0.15, 0.2) is 17.0 Å². The number of amides is 2. The summed E-state index contributed by atoms with van der Waals surface area (Å²) in [5.74, 6) is -0.928. The van der Waals surface area contributed by atoms with E-state index < -0.39 is 18.2 Å². The van der Waals surface area contributed by atoms with Crippen molar-refractivity contribution < 1.29 is 18.4 Å². The van der Waals surface area contributed by atoms with E-state index in [1.807, 2.05) is 6.92 Å². The minimum atomic E-state index is -2.75. The lowest BCUT2D eigenvalue weighted by Crippen LogP contribution is -2.21. The molecule has 0 aliphatic heterocycles. The van der Waals surface area contributed by atoms with E-state index in [2.05, 4.69) is 25.8 Å². The molecule has 3 aromatic rings. The van der Waals surface area contributed by atoms with Gasteiger partial charge >= 0.3 is 0 Å². The average molecular weight is 403 g/mol. The molecule has 1 aliphatic rings. The number of alkyl halides is 2. The quantitative estimate of drug-likeness (QED) is 0.657. The summed E-state index contributed by atoms with van der Waals surface area (Å²) in [6, 6.07) is 2.70. The number of nitrogens with zero attached hydrogens (tertiary/aromatic N) is 5. The van der Waals surface area contributed by atoms with Crippen molar-refractivity contribution in [1.82, 2.24) is 29.7 Å². The summed E-state index contributed by atoms with van der Waals surface area (Å²) >= 11 is 0. The molecule has 3 heterocycles. The summed E-state index contributed by atoms with van der Waals surface area (Å²) in [4.78, 5) is 29.1. The van der Waals surface area contributed by atoms with E-state index >= 15 is 0 Å². The van der Waals surface area contributed by atoms with Crippen molar-refractivity contribution in [3.8, 4) is 0 Å². The first-order valence-electron chi connectivity index (χ1n) is 9.21. The highest BCUT2D eigenvalue weighted by molar-refractivity contribution is 6.07. The number of carbonyl (C=O) groups is 2. The molecule has 11 heteroatoms. The first-order chi connectivity index (χ1) is 13.9. The van der Waals surface area contributed by atoms with Crippen molar-refractivity contribution in [2.45, 2.75) is 38.7 Å². The molecule has 1 saturated carbocycles. The largest absolute Gasteiger partial charge is 0.354 e. The smallest absolute Gasteiger partial charge is 0.280 e. The van der Waals surface area contributed by atoms with Crippen molar-refractivity contribution in [2.24, 2.45) is 0 Å². The number of carbonyl (C=O) groups excluding carboxylic acids is 2. The average Bonchev–Trinajstić information content (AvgIpc) is 3.34. The van der Waals surface area contributed by atoms with Gasteiger partial charge < -0.3 is 10.6 Å². The standard InChI is InChI=1S/C18H19F2N7O2/c1-3-26-8-12(15(25-26)18(29)21-2)23-17(28)11-7-14-22-10(9-4-5-9)6-13(16(19)20)27(14)24-11/h6-9,16H,3-5H2,1-2H3,(H,21,29)(H,23,28). The number of fused-ring (bicyclic) bond motifs is 1. The van der Waals surface area contributed by atoms with Crippen LogP contribution >= 0.6 is 0 Å². The van der Waals surface area contributed by atoms with Gasteiger partial charge in [-0.15, -0.1) is 0 Å². The van der Waals surface area contributed by atoms with Crippen LogP contribution in [-0.2, 0) is 6.54 Å². The van der Waals surface area contributed by atoms with Crippen LogP contribution in [0.4, 0.5) is 14.5 Å². The molecule has 0 bridgehead atoms. The molecule has 0 saturated heterocycles. The number of anilines is 1. The molecule has 2 amide bonds. The highest BCUT2D eigenvalue weighted by Crippen LogP contribution is 2.40. The van der Waals surface area contributed by atoms with Crippen molar-refractivity contribution in [1.29, 1.82) is 0 Å². The van der Waals surface area contributed by atoms with Gasteiger partial charge in [0, 0.05) is 37.5 Å². The van der Waals surface area contributed by atoms with Crippen LogP contribution in [0.15, 0.2) is 18.3 Å². The molecule has 3 aromatic heterocycles. The van der Waals surface area contributed by atoms with E-state index in [-0.39, 0.29) is 34.3 Å². The molecule has 4 rings (SSSR count). The summed E-state index contributed by atoms with van der Waals surface area (Å²) in [6.45, 7) is 2.34. The number of aromatic nitrogens is 5. The summed E-state index contributed by atoms with van der Waals surface area (Å²) in [7, 11) is 1.45. The Labute approximate surface area is 164 Å². The first-order valence-corrected chi connectivity index (χ1v) is 9.21. The van der Waals surface area contributed by atoms with Crippen molar-refractivity contribution in [3.63, 3.8) is 0 Å². The Bertz CT molecular complexity index is 1100. The van der Waals surface area contributed by atoms with Gasteiger partial charge in [-0.3, -0.25) is 14.3 Å². The lowest BCUT2D eigenvalue weighted by molar-refractivity contribution is 0.0958. The molecule has 1 fully saturated rings. The van der Waals surface area contributed by atoms with Crippen molar-refractivity contribution in [3.05, 3.63) is 41.1 Å². The summed E-state index contributed by atoms with van der Waals surface area (Å²) in [5.41, 5.74) is 0.638. The lowest BCUT2D eigenvalue weighted by atomic mass is 10.2. The molecule has 2 N–H and O–H groups in total. The van der Waals surface area contributed by atoms with Gasteiger partial charge in [-0.25, -0.2) is 18.3 Å². The van der Waals surface area contributed by atoms with Crippen LogP contribution in [0.5, 0.6) is 0 Å². The van der Waals surface area contributed by atoms with Crippen LogP contribution in [0.25, 0.3) is 5.65 Å². The molecule has 29 heavy (non-hydrogen) atoms. The molecular weight excluding hydrogens is 384 g/mol. The molecule has 0 spiro atoms. The number of nitrogens with one attached hydrogen (secondary N) is 2. The third-order valence-corrected chi connectivity index (χ3v) is 4.70. The van der Waals surface area contributed by atoms with Crippen LogP contribution in [-0.4, -0.2) is 43.2 Å². The van der Waals surface area contributed by atoms with Crippen molar-refractivity contribution in [2.75, 3.05) is 12.4 Å². The molecule has 9 nitrogen and oxygen atoms in total. The second kappa shape index (κ2) is 7.22. The Hall–Kier alpha value is -3.37. The SMILES string of the molecule is CCn1cc(NC(=O)c2cc3nc(C4CC4)cc(C(F)F)n3n2)c(C(=O)NC)n1. The zero-order chi connectivity index (χ0) is 20.7. The molecule has 0 aromatic carbocycles. The number of rotatable bonds is 6. The highest BCUT2D eigenvalue weighted by atomic mass is 19.3. The maximum absolute atomic E-state index is 13.5. The van der Waals surface area contributed by atoms with E-state index in [9.17, 15) is 18.4 Å². The first kappa shape index (κ1) is 19.0. The summed E-state index contributed by atoms with van der Waals surface area (Å²) in [6.07, 6.45) is 0.594. The third-order valence-electron chi connectivity index (χ3n) is 4.70. The van der Waals surface area contributed by atoms with E-state index in [4.69, 9.17) is 0 Å². The fraction of sp³-hybridized carbons (Fsp3) is 0.389. The second-order valence-electron chi connectivity index (χ2n) is 6.76. The van der Waals surface area contributed by atoms with Crippen LogP contribution in [0.2, 0.25) is 0 Å². The number of halogens is 2. The van der Waals surface area contributed by atoms with Crippen LogP contribution in [0.3, 0.4) is 0 Å². The Morgan fingerprint density at radius 1 is 1.24 bits per heavy atom. The second-order valence-corrected chi connectivity index (χ2v) is 6.76. The topological polar surface area (TPSA) is 106 Å². The molecular formula is C18H19F2N7O2. The van der Waals surface area contributed by atoms with Gasteiger partial charge in [-0.1, -0.05) is 0 Å². The monoisotopic (exact) mass is 403 g/mol. The minimum Gasteiger partial charge on any atom is -0.354 e. The Morgan fingerprint density at radius 2 is 2.00 bits per heavy atom. The maximum Gasteiger partial charge on any atom is 0.280 e. The van der Waals surface area contributed by atoms with Gasteiger partial charge in [0.05, 0.1) is 5.69 Å². The molecule has 0 atom stereocenters. The number of hydrogen-bond donors (Lipinski definition) is 2. The molecule has 152 valence electrons. The zero-order valence-electron chi connectivity index (χ0n) is 15.8. The van der Waals surface area contributed by atoms with E-state index in [0.717, 1.165) is 17.4 Å². The lowest BCUT2D eigenvalue weighted by Gasteiger charge is -2.06. The highest BCUT2D eigenvalue weighted by Gasteiger charge is 2.28. The normalized spacial score (nSPS) is 13.8. The Balaban J connectivity index is 1.68. The molecule has 0 radical (unpaired) electrons. The minimum absolute atomic E-state index is 0.0499. The van der Waals surface area contributed by atoms with Crippen LogP contribution < -0.4 is 10.6 Å². The number of hydrogen-bond acceptors (Lipinski definition) is 5. The van der Waals surface area contributed by atoms with E-state index in [1.165, 1.54) is 30.1 Å². The predicted octanol–water partition coefficient (Wildman–Crippen LogP) is 2.37. The van der Waals surface area contributed by atoms with E-state index in [1.54, 1.807) is 0 Å². The van der Waals surface area contributed by atoms with Gasteiger partial charge in [0.1, 0.15) is 5.69 Å². The van der Waals surface area contributed by atoms with E-state index in [0.29, 0.717) is 12.2 Å². The van der Waals surface area contributed by atoms with Crippen LogP contribution in [0, 0.1) is 0 Å². The Kier molecular flexibility index (Phi) is 4.73. The fourth-order valence-corrected chi connectivity index (χ4v) is 3.02. The molecule has 0 unspecified atom stereocenters. The summed E-state index contributed by atoms with van der Waals surface area (Å²) in [5, 5.41) is 13.2.